The topological polar surface area (TPSA) is 63.8 Å². The summed E-state index contributed by atoms with van der Waals surface area (Å²) < 4.78 is 0. The molecule has 2 heterocycles. The van der Waals surface area contributed by atoms with Crippen LogP contribution < -0.4 is 11.1 Å². The van der Waals surface area contributed by atoms with Crippen LogP contribution in [-0.2, 0) is 13.0 Å². The summed E-state index contributed by atoms with van der Waals surface area (Å²) in [5.41, 5.74) is 13.5. The van der Waals surface area contributed by atoms with E-state index in [1.54, 1.807) is 0 Å². The Morgan fingerprint density at radius 3 is 2.71 bits per heavy atom. The molecule has 138 valence electrons. The van der Waals surface area contributed by atoms with E-state index < -0.39 is 0 Å². The molecule has 0 aliphatic heterocycles. The molecule has 28 heavy (non-hydrogen) atoms. The van der Waals surface area contributed by atoms with E-state index in [4.69, 9.17) is 10.7 Å². The van der Waals surface area contributed by atoms with Crippen molar-refractivity contribution < 1.29 is 0 Å². The molecule has 0 radical (unpaired) electrons. The van der Waals surface area contributed by atoms with Gasteiger partial charge in [-0.25, -0.2) is 4.98 Å². The predicted molar refractivity (Wildman–Crippen MR) is 114 cm³/mol. The van der Waals surface area contributed by atoms with Crippen molar-refractivity contribution in [3.05, 3.63) is 95.3 Å². The molecule has 4 heteroatoms. The summed E-state index contributed by atoms with van der Waals surface area (Å²) in [6.07, 6.45) is 5.83. The van der Waals surface area contributed by atoms with Crippen LogP contribution in [0.3, 0.4) is 0 Å². The third kappa shape index (κ3) is 3.07. The fourth-order valence-corrected chi connectivity index (χ4v) is 4.18. The van der Waals surface area contributed by atoms with Gasteiger partial charge in [-0.1, -0.05) is 24.3 Å². The lowest BCUT2D eigenvalue weighted by Crippen LogP contribution is -2.04. The molecule has 3 N–H and O–H groups in total. The van der Waals surface area contributed by atoms with Crippen LogP contribution in [0.15, 0.2) is 73.1 Å². The van der Waals surface area contributed by atoms with Crippen LogP contribution in [0, 0.1) is 0 Å². The fourth-order valence-electron chi connectivity index (χ4n) is 4.18. The van der Waals surface area contributed by atoms with Gasteiger partial charge in [0.15, 0.2) is 0 Å². The van der Waals surface area contributed by atoms with Gasteiger partial charge in [-0.3, -0.25) is 4.98 Å². The second kappa shape index (κ2) is 6.97. The van der Waals surface area contributed by atoms with E-state index in [1.807, 2.05) is 30.6 Å². The van der Waals surface area contributed by atoms with Crippen LogP contribution >= 0.6 is 0 Å². The highest BCUT2D eigenvalue weighted by molar-refractivity contribution is 5.85. The van der Waals surface area contributed by atoms with E-state index >= 15 is 0 Å². The summed E-state index contributed by atoms with van der Waals surface area (Å²) >= 11 is 0. The number of hydrogen-bond acceptors (Lipinski definition) is 4. The molecule has 1 aliphatic carbocycles. The lowest BCUT2D eigenvalue weighted by Gasteiger charge is -2.16. The number of nitrogens with zero attached hydrogens (tertiary/aromatic N) is 2. The Bertz CT molecular complexity index is 1140. The number of nitrogen functional groups attached to an aromatic ring is 1. The number of nitrogens with two attached hydrogens (primary N) is 1. The van der Waals surface area contributed by atoms with Crippen LogP contribution in [-0.4, -0.2) is 9.97 Å². The van der Waals surface area contributed by atoms with E-state index in [1.165, 1.54) is 16.7 Å². The molecule has 2 aromatic heterocycles. The maximum absolute atomic E-state index is 6.36. The van der Waals surface area contributed by atoms with Crippen molar-refractivity contribution in [2.75, 3.05) is 11.1 Å². The first-order chi connectivity index (χ1) is 13.8. The standard InChI is InChI=1S/C24H22N4/c25-24-22(21-7-5-17-3-1-2-4-20(17)21)14-18-13-19(6-8-23(18)28-24)27-15-16-9-11-26-12-10-16/h1-4,6,8-14,21,27H,5,7,15H2,(H2,25,28)/t21-/m1/s1. The molecule has 0 fully saturated rings. The van der Waals surface area contributed by atoms with Crippen molar-refractivity contribution >= 4 is 22.4 Å². The first-order valence-corrected chi connectivity index (χ1v) is 9.69. The van der Waals surface area contributed by atoms with Crippen LogP contribution in [0.5, 0.6) is 0 Å². The molecule has 1 atom stereocenters. The Hall–Kier alpha value is -3.40. The van der Waals surface area contributed by atoms with Gasteiger partial charge in [0.05, 0.1) is 5.52 Å². The number of hydrogen-bond donors (Lipinski definition) is 2. The van der Waals surface area contributed by atoms with E-state index in [9.17, 15) is 0 Å². The molecule has 2 aromatic carbocycles. The number of rotatable bonds is 4. The SMILES string of the molecule is Nc1nc2ccc(NCc3ccncc3)cc2cc1[C@@H]1CCc2ccccc21. The minimum atomic E-state index is 0.335. The monoisotopic (exact) mass is 366 g/mol. The molecule has 0 amide bonds. The molecule has 4 nitrogen and oxygen atoms in total. The average molecular weight is 366 g/mol. The van der Waals surface area contributed by atoms with Crippen molar-refractivity contribution in [3.8, 4) is 0 Å². The Kier molecular flexibility index (Phi) is 4.17. The molecule has 5 rings (SSSR count). The largest absolute Gasteiger partial charge is 0.383 e. The van der Waals surface area contributed by atoms with Crippen LogP contribution in [0.2, 0.25) is 0 Å². The molecule has 0 bridgehead atoms. The summed E-state index contributed by atoms with van der Waals surface area (Å²) in [5.74, 6) is 0.980. The maximum Gasteiger partial charge on any atom is 0.127 e. The third-order valence-electron chi connectivity index (χ3n) is 5.63. The quantitative estimate of drug-likeness (QED) is 0.539. The summed E-state index contributed by atoms with van der Waals surface area (Å²) in [6.45, 7) is 0.763. The Labute approximate surface area is 164 Å². The fraction of sp³-hybridized carbons (Fsp3) is 0.167. The van der Waals surface area contributed by atoms with Crippen molar-refractivity contribution in [1.29, 1.82) is 0 Å². The van der Waals surface area contributed by atoms with Gasteiger partial charge in [0.1, 0.15) is 5.82 Å². The highest BCUT2D eigenvalue weighted by Crippen LogP contribution is 2.40. The average Bonchev–Trinajstić information content (AvgIpc) is 3.16. The zero-order valence-corrected chi connectivity index (χ0v) is 15.6. The number of anilines is 2. The van der Waals surface area contributed by atoms with Gasteiger partial charge in [0, 0.05) is 41.5 Å². The van der Waals surface area contributed by atoms with E-state index in [0.29, 0.717) is 11.7 Å². The van der Waals surface area contributed by atoms with Crippen molar-refractivity contribution in [3.63, 3.8) is 0 Å². The summed E-state index contributed by atoms with van der Waals surface area (Å²) in [7, 11) is 0. The maximum atomic E-state index is 6.36. The van der Waals surface area contributed by atoms with Crippen molar-refractivity contribution in [2.24, 2.45) is 0 Å². The second-order valence-electron chi connectivity index (χ2n) is 7.37. The Morgan fingerprint density at radius 1 is 0.964 bits per heavy atom. The van der Waals surface area contributed by atoms with Gasteiger partial charge in [-0.05, 0) is 65.9 Å². The highest BCUT2D eigenvalue weighted by Gasteiger charge is 2.25. The van der Waals surface area contributed by atoms with Gasteiger partial charge in [0.2, 0.25) is 0 Å². The zero-order chi connectivity index (χ0) is 18.9. The Balaban J connectivity index is 1.47. The minimum Gasteiger partial charge on any atom is -0.383 e. The molecule has 0 saturated heterocycles. The van der Waals surface area contributed by atoms with E-state index in [2.05, 4.69) is 52.8 Å². The van der Waals surface area contributed by atoms with E-state index in [0.717, 1.165) is 41.5 Å². The van der Waals surface area contributed by atoms with Crippen LogP contribution in [0.1, 0.15) is 34.6 Å². The zero-order valence-electron chi connectivity index (χ0n) is 15.6. The van der Waals surface area contributed by atoms with Gasteiger partial charge >= 0.3 is 0 Å². The smallest absolute Gasteiger partial charge is 0.127 e. The van der Waals surface area contributed by atoms with E-state index in [-0.39, 0.29) is 0 Å². The Morgan fingerprint density at radius 2 is 1.82 bits per heavy atom. The highest BCUT2D eigenvalue weighted by atomic mass is 14.9. The molecule has 0 saturated carbocycles. The van der Waals surface area contributed by atoms with Gasteiger partial charge < -0.3 is 11.1 Å². The first-order valence-electron chi connectivity index (χ1n) is 9.69. The van der Waals surface area contributed by atoms with Gasteiger partial charge in [-0.15, -0.1) is 0 Å². The lowest BCUT2D eigenvalue weighted by atomic mass is 9.92. The number of aromatic nitrogens is 2. The predicted octanol–water partition coefficient (Wildman–Crippen LogP) is 4.90. The molecule has 1 aliphatic rings. The second-order valence-corrected chi connectivity index (χ2v) is 7.37. The number of nitrogens with one attached hydrogen (secondary N) is 1. The molecule has 0 unspecified atom stereocenters. The molecule has 4 aromatic rings. The van der Waals surface area contributed by atoms with Crippen molar-refractivity contribution in [1.82, 2.24) is 9.97 Å². The summed E-state index contributed by atoms with van der Waals surface area (Å²) in [5, 5.41) is 4.60. The van der Waals surface area contributed by atoms with Crippen molar-refractivity contribution in [2.45, 2.75) is 25.3 Å². The van der Waals surface area contributed by atoms with Crippen LogP contribution in [0.25, 0.3) is 10.9 Å². The molecule has 0 spiro atoms. The molecular formula is C24H22N4. The minimum absolute atomic E-state index is 0.335. The summed E-state index contributed by atoms with van der Waals surface area (Å²) in [6, 6.07) is 21.2. The summed E-state index contributed by atoms with van der Waals surface area (Å²) in [4.78, 5) is 8.76. The normalized spacial score (nSPS) is 15.5. The van der Waals surface area contributed by atoms with Crippen LogP contribution in [0.4, 0.5) is 11.5 Å². The number of pyridine rings is 2. The number of aryl methyl sites for hydroxylation is 1. The number of benzene rings is 2. The molecular weight excluding hydrogens is 344 g/mol. The van der Waals surface area contributed by atoms with Gasteiger partial charge in [0.25, 0.3) is 0 Å². The third-order valence-corrected chi connectivity index (χ3v) is 5.63. The first kappa shape index (κ1) is 16.8. The lowest BCUT2D eigenvalue weighted by molar-refractivity contribution is 0.788. The van der Waals surface area contributed by atoms with Gasteiger partial charge in [-0.2, -0.15) is 0 Å². The number of fused-ring (bicyclic) bond motifs is 2.